The summed E-state index contributed by atoms with van der Waals surface area (Å²) in [7, 11) is -2.99. The van der Waals surface area contributed by atoms with Crippen LogP contribution in [-0.2, 0) is 14.6 Å². The highest BCUT2D eigenvalue weighted by molar-refractivity contribution is 7.91. The molecule has 0 bridgehead atoms. The Morgan fingerprint density at radius 2 is 1.71 bits per heavy atom. The van der Waals surface area contributed by atoms with Gasteiger partial charge in [-0.2, -0.15) is 15.6 Å². The van der Waals surface area contributed by atoms with Crippen LogP contribution in [0.1, 0.15) is 62.1 Å². The predicted molar refractivity (Wildman–Crippen MR) is 156 cm³/mol. The largest absolute Gasteiger partial charge is 0.369 e. The fourth-order valence-electron chi connectivity index (χ4n) is 6.37. The molecule has 6 rings (SSSR count). The number of carbonyl (C=O) groups is 1. The lowest BCUT2D eigenvalue weighted by Crippen LogP contribution is -2.40. The van der Waals surface area contributed by atoms with Gasteiger partial charge in [-0.1, -0.05) is 25.0 Å². The van der Waals surface area contributed by atoms with Crippen molar-refractivity contribution >= 4 is 21.3 Å². The van der Waals surface area contributed by atoms with E-state index in [0.29, 0.717) is 18.8 Å². The number of sulfone groups is 1. The highest BCUT2D eigenvalue weighted by atomic mass is 32.2. The van der Waals surface area contributed by atoms with Crippen LogP contribution < -0.4 is 4.90 Å². The molecule has 10 heteroatoms. The molecule has 42 heavy (non-hydrogen) atoms. The van der Waals surface area contributed by atoms with Crippen molar-refractivity contribution in [1.29, 1.82) is 10.5 Å². The molecule has 2 aliphatic carbocycles. The first-order valence-corrected chi connectivity index (χ1v) is 16.3. The topological polar surface area (TPSA) is 120 Å². The van der Waals surface area contributed by atoms with E-state index in [1.165, 1.54) is 12.1 Å². The van der Waals surface area contributed by atoms with Gasteiger partial charge in [0.2, 0.25) is 0 Å². The van der Waals surface area contributed by atoms with Gasteiger partial charge < -0.3 is 4.90 Å². The van der Waals surface area contributed by atoms with Crippen LogP contribution in [0.4, 0.5) is 10.1 Å². The van der Waals surface area contributed by atoms with Crippen LogP contribution in [0.5, 0.6) is 0 Å². The van der Waals surface area contributed by atoms with Gasteiger partial charge in [0, 0.05) is 48.8 Å². The number of anilines is 1. The minimum Gasteiger partial charge on any atom is -0.369 e. The summed E-state index contributed by atoms with van der Waals surface area (Å²) < 4.78 is 39.6. The number of Topliss-reactive ketones (excluding diaryl/α,β-unsaturated/α-hetero) is 1. The van der Waals surface area contributed by atoms with Crippen LogP contribution in [-0.4, -0.2) is 48.6 Å². The Bertz CT molecular complexity index is 1700. The van der Waals surface area contributed by atoms with E-state index in [2.05, 4.69) is 11.0 Å². The highest BCUT2D eigenvalue weighted by Gasteiger charge is 2.47. The summed E-state index contributed by atoms with van der Waals surface area (Å²) in [6.45, 7) is 0.902. The zero-order valence-electron chi connectivity index (χ0n) is 23.3. The number of carbonyl (C=O) groups excluding carboxylic acids is 1. The number of hydrogen-bond acceptors (Lipinski definition) is 7. The van der Waals surface area contributed by atoms with E-state index in [0.717, 1.165) is 61.0 Å². The van der Waals surface area contributed by atoms with Crippen LogP contribution in [0.2, 0.25) is 0 Å². The Morgan fingerprint density at radius 1 is 1.02 bits per heavy atom. The van der Waals surface area contributed by atoms with E-state index in [-0.39, 0.29) is 41.1 Å². The molecule has 216 valence electrons. The maximum atomic E-state index is 14.1. The second-order valence-electron chi connectivity index (χ2n) is 11.9. The molecular formula is C32H32FN5O3S. The molecule has 0 unspecified atom stereocenters. The molecule has 3 aromatic rings. The van der Waals surface area contributed by atoms with Crippen LogP contribution in [0.3, 0.4) is 0 Å². The standard InChI is InChI=1S/C32H32FN5O3S/c33-29-10-9-25(17-23(29)19-34)38-20-28(22-5-7-24(8-6-22)37-13-15-42(40,41)16-14-37)31(36-38)27-4-2-1-3-26(27)30(39)18-32(21-35)11-12-32/h5-10,17,20,26-27H,1-4,11-16,18H2/t26-,27-/m1/s1. The molecule has 3 aliphatic rings. The molecular weight excluding hydrogens is 553 g/mol. The quantitative estimate of drug-likeness (QED) is 0.368. The Kier molecular flexibility index (Phi) is 7.36. The lowest BCUT2D eigenvalue weighted by atomic mass is 9.72. The van der Waals surface area contributed by atoms with Crippen molar-refractivity contribution in [2.45, 2.75) is 50.9 Å². The van der Waals surface area contributed by atoms with Gasteiger partial charge in [-0.05, 0) is 61.6 Å². The van der Waals surface area contributed by atoms with E-state index in [4.69, 9.17) is 5.10 Å². The molecule has 2 atom stereocenters. The first-order chi connectivity index (χ1) is 20.2. The Labute approximate surface area is 245 Å². The van der Waals surface area contributed by atoms with E-state index < -0.39 is 21.1 Å². The molecule has 2 heterocycles. The molecule has 3 fully saturated rings. The summed E-state index contributed by atoms with van der Waals surface area (Å²) in [5.41, 5.74) is 3.46. The fourth-order valence-corrected chi connectivity index (χ4v) is 7.57. The van der Waals surface area contributed by atoms with Crippen molar-refractivity contribution < 1.29 is 17.6 Å². The summed E-state index contributed by atoms with van der Waals surface area (Å²) >= 11 is 0. The molecule has 1 aromatic heterocycles. The molecule has 0 radical (unpaired) electrons. The van der Waals surface area contributed by atoms with Crippen LogP contribution in [0, 0.1) is 39.8 Å². The number of aromatic nitrogens is 2. The molecule has 0 spiro atoms. The summed E-state index contributed by atoms with van der Waals surface area (Å²) in [5.74, 6) is -0.553. The first kappa shape index (κ1) is 28.1. The van der Waals surface area contributed by atoms with Crippen LogP contribution in [0.15, 0.2) is 48.7 Å². The molecule has 1 aliphatic heterocycles. The van der Waals surface area contributed by atoms with E-state index >= 15 is 0 Å². The third kappa shape index (κ3) is 5.56. The molecule has 0 N–H and O–H groups in total. The number of ketones is 1. The number of nitriles is 2. The smallest absolute Gasteiger partial charge is 0.153 e. The van der Waals surface area contributed by atoms with E-state index in [1.54, 1.807) is 10.7 Å². The fraction of sp³-hybridized carbons (Fsp3) is 0.438. The van der Waals surface area contributed by atoms with Crippen molar-refractivity contribution in [2.24, 2.45) is 11.3 Å². The number of nitrogens with zero attached hydrogens (tertiary/aromatic N) is 5. The SMILES string of the molecule is N#Cc1cc(-n2cc(-c3ccc(N4CCS(=O)(=O)CC4)cc3)c([C@@H]3CCCC[C@H]3C(=O)CC3(C#N)CC3)n2)ccc1F. The lowest BCUT2D eigenvalue weighted by Gasteiger charge is -2.31. The third-order valence-electron chi connectivity index (χ3n) is 9.10. The van der Waals surface area contributed by atoms with E-state index in [9.17, 15) is 28.1 Å². The van der Waals surface area contributed by atoms with Gasteiger partial charge in [0.1, 0.15) is 17.7 Å². The zero-order chi connectivity index (χ0) is 29.5. The third-order valence-corrected chi connectivity index (χ3v) is 10.7. The molecule has 2 saturated carbocycles. The van der Waals surface area contributed by atoms with Crippen molar-refractivity contribution in [3.05, 3.63) is 65.7 Å². The van der Waals surface area contributed by atoms with Crippen molar-refractivity contribution in [3.63, 3.8) is 0 Å². The van der Waals surface area contributed by atoms with Crippen molar-refractivity contribution in [1.82, 2.24) is 9.78 Å². The van der Waals surface area contributed by atoms with E-state index in [1.807, 2.05) is 36.5 Å². The maximum absolute atomic E-state index is 14.1. The van der Waals surface area contributed by atoms with Crippen LogP contribution in [0.25, 0.3) is 16.8 Å². The number of benzene rings is 2. The summed E-state index contributed by atoms with van der Waals surface area (Å²) in [5, 5.41) is 24.0. The minimum atomic E-state index is -2.99. The van der Waals surface area contributed by atoms with Crippen molar-refractivity contribution in [3.8, 4) is 29.0 Å². The average molecular weight is 586 g/mol. The minimum absolute atomic E-state index is 0.0732. The normalized spacial score (nSPS) is 22.6. The van der Waals surface area contributed by atoms with Gasteiger partial charge in [-0.25, -0.2) is 17.5 Å². The predicted octanol–water partition coefficient (Wildman–Crippen LogP) is 5.32. The van der Waals surface area contributed by atoms with Gasteiger partial charge in [0.05, 0.1) is 39.9 Å². The number of halogens is 1. The Hall–Kier alpha value is -4.02. The Balaban J connectivity index is 1.37. The van der Waals surface area contributed by atoms with Gasteiger partial charge in [0.15, 0.2) is 9.84 Å². The molecule has 2 aromatic carbocycles. The lowest BCUT2D eigenvalue weighted by molar-refractivity contribution is -0.125. The zero-order valence-corrected chi connectivity index (χ0v) is 24.1. The number of hydrogen-bond donors (Lipinski definition) is 0. The summed E-state index contributed by atoms with van der Waals surface area (Å²) in [6.07, 6.45) is 7.17. The van der Waals surface area contributed by atoms with Gasteiger partial charge >= 0.3 is 0 Å². The second-order valence-corrected chi connectivity index (χ2v) is 14.2. The highest BCUT2D eigenvalue weighted by Crippen LogP contribution is 2.51. The summed E-state index contributed by atoms with van der Waals surface area (Å²) in [4.78, 5) is 15.7. The molecule has 8 nitrogen and oxygen atoms in total. The summed E-state index contributed by atoms with van der Waals surface area (Å²) in [6, 6.07) is 16.5. The average Bonchev–Trinajstić information content (AvgIpc) is 3.64. The monoisotopic (exact) mass is 585 g/mol. The first-order valence-electron chi connectivity index (χ1n) is 14.5. The molecule has 1 saturated heterocycles. The van der Waals surface area contributed by atoms with Gasteiger partial charge in [-0.15, -0.1) is 0 Å². The van der Waals surface area contributed by atoms with Gasteiger partial charge in [-0.3, -0.25) is 4.79 Å². The Morgan fingerprint density at radius 3 is 2.38 bits per heavy atom. The molecule has 0 amide bonds. The van der Waals surface area contributed by atoms with Crippen LogP contribution >= 0.6 is 0 Å². The maximum Gasteiger partial charge on any atom is 0.153 e. The van der Waals surface area contributed by atoms with Crippen molar-refractivity contribution in [2.75, 3.05) is 29.5 Å². The van der Waals surface area contributed by atoms with Gasteiger partial charge in [0.25, 0.3) is 0 Å². The number of rotatable bonds is 7. The second kappa shape index (κ2) is 11.0.